The van der Waals surface area contributed by atoms with Crippen molar-refractivity contribution >= 4 is 0 Å². The first kappa shape index (κ1) is 9.46. The van der Waals surface area contributed by atoms with Crippen LogP contribution in [0.1, 0.15) is 13.3 Å². The lowest BCUT2D eigenvalue weighted by Crippen LogP contribution is -2.13. The third-order valence-corrected chi connectivity index (χ3v) is 0.959. The van der Waals surface area contributed by atoms with Gasteiger partial charge in [0.25, 0.3) is 0 Å². The molecule has 0 fully saturated rings. The van der Waals surface area contributed by atoms with Crippen molar-refractivity contribution in [1.29, 1.82) is 0 Å². The van der Waals surface area contributed by atoms with E-state index in [4.69, 9.17) is 0 Å². The van der Waals surface area contributed by atoms with Gasteiger partial charge in [0.15, 0.2) is 0 Å². The van der Waals surface area contributed by atoms with Crippen LogP contribution < -0.4 is 0 Å². The zero-order valence-corrected chi connectivity index (χ0v) is 5.50. The summed E-state index contributed by atoms with van der Waals surface area (Å²) in [6.45, 7) is 0.0960. The lowest BCUT2D eigenvalue weighted by atomic mass is 10.2. The zero-order chi connectivity index (χ0) is 8.20. The molecule has 0 spiro atoms. The number of hydrogen-bond acceptors (Lipinski definition) is 0. The summed E-state index contributed by atoms with van der Waals surface area (Å²) in [7, 11) is 0. The van der Waals surface area contributed by atoms with Crippen LogP contribution in [0.15, 0.2) is 11.6 Å². The Morgan fingerprint density at radius 1 is 1.40 bits per heavy atom. The molecule has 0 atom stereocenters. The Kier molecular flexibility index (Phi) is 3.39. The smallest absolute Gasteiger partial charge is 0.246 e. The molecule has 0 amide bonds. The van der Waals surface area contributed by atoms with Crippen molar-refractivity contribution in [3.8, 4) is 0 Å². The molecule has 0 aromatic carbocycles. The Morgan fingerprint density at radius 3 is 2.00 bits per heavy atom. The lowest BCUT2D eigenvalue weighted by molar-refractivity contribution is -0.0952. The first-order chi connectivity index (χ1) is 4.52. The average Bonchev–Trinajstić information content (AvgIpc) is 1.80. The van der Waals surface area contributed by atoms with Crippen molar-refractivity contribution < 1.29 is 17.6 Å². The van der Waals surface area contributed by atoms with Crippen molar-refractivity contribution in [3.05, 3.63) is 11.6 Å². The molecule has 0 unspecified atom stereocenters. The van der Waals surface area contributed by atoms with E-state index in [0.717, 1.165) is 6.08 Å². The molecule has 0 radical (unpaired) electrons. The number of halogens is 4. The summed E-state index contributed by atoms with van der Waals surface area (Å²) in [5, 5.41) is 0. The van der Waals surface area contributed by atoms with Crippen molar-refractivity contribution in [3.63, 3.8) is 0 Å². The van der Waals surface area contributed by atoms with Crippen LogP contribution in [-0.2, 0) is 0 Å². The number of allylic oxidation sites excluding steroid dienone is 2. The third kappa shape index (κ3) is 2.85. The fourth-order valence-electron chi connectivity index (χ4n) is 0.492. The van der Waals surface area contributed by atoms with Gasteiger partial charge in [0.05, 0.1) is 5.57 Å². The van der Waals surface area contributed by atoms with Gasteiger partial charge in [-0.1, -0.05) is 13.0 Å². The molecule has 0 aliphatic heterocycles. The molecular formula is C6H8F4. The molecule has 0 aromatic heterocycles. The van der Waals surface area contributed by atoms with E-state index in [2.05, 4.69) is 0 Å². The second-order valence-corrected chi connectivity index (χ2v) is 1.77. The number of rotatable bonds is 2. The summed E-state index contributed by atoms with van der Waals surface area (Å²) < 4.78 is 46.3. The van der Waals surface area contributed by atoms with Crippen molar-refractivity contribution in [2.45, 2.75) is 19.5 Å². The average molecular weight is 156 g/mol. The van der Waals surface area contributed by atoms with Gasteiger partial charge in [-0.25, -0.2) is 4.39 Å². The summed E-state index contributed by atoms with van der Waals surface area (Å²) in [4.78, 5) is 0. The normalized spacial score (nSPS) is 13.9. The fraction of sp³-hybridized carbons (Fsp3) is 0.667. The molecule has 10 heavy (non-hydrogen) atoms. The molecular weight excluding hydrogens is 148 g/mol. The quantitative estimate of drug-likeness (QED) is 0.426. The van der Waals surface area contributed by atoms with Crippen LogP contribution in [0.4, 0.5) is 17.6 Å². The van der Waals surface area contributed by atoms with Crippen LogP contribution in [0.25, 0.3) is 0 Å². The minimum atomic E-state index is -4.50. The van der Waals surface area contributed by atoms with Gasteiger partial charge in [0.1, 0.15) is 6.67 Å². The van der Waals surface area contributed by atoms with Crippen LogP contribution in [-0.4, -0.2) is 12.9 Å². The SMILES string of the molecule is CCC=C(CF)C(F)(F)F. The van der Waals surface area contributed by atoms with E-state index >= 15 is 0 Å². The van der Waals surface area contributed by atoms with Gasteiger partial charge in [-0.15, -0.1) is 0 Å². The van der Waals surface area contributed by atoms with E-state index in [9.17, 15) is 17.6 Å². The van der Waals surface area contributed by atoms with E-state index in [1.165, 1.54) is 6.92 Å². The molecule has 4 heteroatoms. The fourth-order valence-corrected chi connectivity index (χ4v) is 0.492. The van der Waals surface area contributed by atoms with Crippen LogP contribution in [0.2, 0.25) is 0 Å². The first-order valence-electron chi connectivity index (χ1n) is 2.84. The Morgan fingerprint density at radius 2 is 1.90 bits per heavy atom. The standard InChI is InChI=1S/C6H8F4/c1-2-3-5(4-7)6(8,9)10/h3H,2,4H2,1H3. The highest BCUT2D eigenvalue weighted by atomic mass is 19.4. The van der Waals surface area contributed by atoms with Crippen LogP contribution in [0.5, 0.6) is 0 Å². The Labute approximate surface area is 56.5 Å². The maximum atomic E-state index is 11.6. The van der Waals surface area contributed by atoms with E-state index < -0.39 is 18.4 Å². The van der Waals surface area contributed by atoms with E-state index in [-0.39, 0.29) is 6.42 Å². The summed E-state index contributed by atoms with van der Waals surface area (Å²) in [6, 6.07) is 0. The van der Waals surface area contributed by atoms with Crippen molar-refractivity contribution in [1.82, 2.24) is 0 Å². The molecule has 0 bridgehead atoms. The Balaban J connectivity index is 4.21. The van der Waals surface area contributed by atoms with Crippen LogP contribution >= 0.6 is 0 Å². The molecule has 0 heterocycles. The topological polar surface area (TPSA) is 0 Å². The first-order valence-corrected chi connectivity index (χ1v) is 2.84. The van der Waals surface area contributed by atoms with Crippen LogP contribution in [0.3, 0.4) is 0 Å². The molecule has 0 saturated carbocycles. The monoisotopic (exact) mass is 156 g/mol. The van der Waals surface area contributed by atoms with E-state index in [0.29, 0.717) is 0 Å². The van der Waals surface area contributed by atoms with Gasteiger partial charge in [-0.05, 0) is 6.42 Å². The largest absolute Gasteiger partial charge is 0.414 e. The molecule has 0 aliphatic rings. The summed E-state index contributed by atoms with van der Waals surface area (Å²) in [5.74, 6) is 0. The Bertz CT molecular complexity index is 122. The predicted molar refractivity (Wildman–Crippen MR) is 30.4 cm³/mol. The summed E-state index contributed by atoms with van der Waals surface area (Å²) in [5.41, 5.74) is -1.09. The number of hydrogen-bond donors (Lipinski definition) is 0. The van der Waals surface area contributed by atoms with Gasteiger partial charge in [0, 0.05) is 0 Å². The maximum Gasteiger partial charge on any atom is 0.414 e. The molecule has 0 saturated heterocycles. The second kappa shape index (κ2) is 3.58. The maximum absolute atomic E-state index is 11.6. The van der Waals surface area contributed by atoms with Gasteiger partial charge in [-0.3, -0.25) is 0 Å². The molecule has 0 N–H and O–H groups in total. The second-order valence-electron chi connectivity index (χ2n) is 1.77. The highest BCUT2D eigenvalue weighted by Crippen LogP contribution is 2.25. The predicted octanol–water partition coefficient (Wildman–Crippen LogP) is 2.85. The minimum absolute atomic E-state index is 0.207. The van der Waals surface area contributed by atoms with E-state index in [1.807, 2.05) is 0 Å². The zero-order valence-electron chi connectivity index (χ0n) is 5.50. The minimum Gasteiger partial charge on any atom is -0.246 e. The van der Waals surface area contributed by atoms with E-state index in [1.54, 1.807) is 0 Å². The van der Waals surface area contributed by atoms with Crippen molar-refractivity contribution in [2.24, 2.45) is 0 Å². The highest BCUT2D eigenvalue weighted by Gasteiger charge is 2.32. The summed E-state index contributed by atoms with van der Waals surface area (Å²) in [6.07, 6.45) is -3.44. The number of alkyl halides is 4. The Hall–Kier alpha value is -0.540. The molecule has 60 valence electrons. The van der Waals surface area contributed by atoms with Gasteiger partial charge < -0.3 is 0 Å². The molecule has 0 nitrogen and oxygen atoms in total. The van der Waals surface area contributed by atoms with Gasteiger partial charge in [0.2, 0.25) is 0 Å². The van der Waals surface area contributed by atoms with Crippen LogP contribution in [0, 0.1) is 0 Å². The lowest BCUT2D eigenvalue weighted by Gasteiger charge is -2.06. The molecule has 0 aromatic rings. The molecule has 0 rings (SSSR count). The van der Waals surface area contributed by atoms with Gasteiger partial charge in [-0.2, -0.15) is 13.2 Å². The van der Waals surface area contributed by atoms with Gasteiger partial charge >= 0.3 is 6.18 Å². The third-order valence-electron chi connectivity index (χ3n) is 0.959. The molecule has 0 aliphatic carbocycles. The highest BCUT2D eigenvalue weighted by molar-refractivity contribution is 5.08. The summed E-state index contributed by atoms with van der Waals surface area (Å²) >= 11 is 0. The van der Waals surface area contributed by atoms with Crippen molar-refractivity contribution in [2.75, 3.05) is 6.67 Å².